The quantitative estimate of drug-likeness (QED) is 0.576. The molecular formula is C22H19N3O2. The SMILES string of the molecule is CC(Cc1cn(-c2ccccc2)nc1-c1cccc2cccnc12)C(=O)O. The lowest BCUT2D eigenvalue weighted by molar-refractivity contribution is -0.141. The van der Waals surface area contributed by atoms with Crippen molar-refractivity contribution in [1.82, 2.24) is 14.8 Å². The summed E-state index contributed by atoms with van der Waals surface area (Å²) < 4.78 is 1.81. The summed E-state index contributed by atoms with van der Waals surface area (Å²) in [5.41, 5.74) is 4.38. The number of hydrogen-bond donors (Lipinski definition) is 1. The lowest BCUT2D eigenvalue weighted by atomic mass is 9.97. The number of para-hydroxylation sites is 2. The van der Waals surface area contributed by atoms with Gasteiger partial charge < -0.3 is 5.11 Å². The van der Waals surface area contributed by atoms with Gasteiger partial charge in [0.15, 0.2) is 0 Å². The fourth-order valence-corrected chi connectivity index (χ4v) is 3.21. The molecule has 4 aromatic rings. The number of nitrogens with zero attached hydrogens (tertiary/aromatic N) is 3. The predicted octanol–water partition coefficient (Wildman–Crippen LogP) is 4.35. The van der Waals surface area contributed by atoms with Gasteiger partial charge in [-0.25, -0.2) is 4.68 Å². The van der Waals surface area contributed by atoms with Crippen LogP contribution in [0.2, 0.25) is 0 Å². The minimum Gasteiger partial charge on any atom is -0.481 e. The highest BCUT2D eigenvalue weighted by molar-refractivity contribution is 5.93. The van der Waals surface area contributed by atoms with E-state index in [-0.39, 0.29) is 0 Å². The topological polar surface area (TPSA) is 68.0 Å². The van der Waals surface area contributed by atoms with Crippen molar-refractivity contribution < 1.29 is 9.90 Å². The van der Waals surface area contributed by atoms with Crippen molar-refractivity contribution in [2.75, 3.05) is 0 Å². The molecule has 0 aliphatic rings. The lowest BCUT2D eigenvalue weighted by Crippen LogP contribution is -2.12. The summed E-state index contributed by atoms with van der Waals surface area (Å²) in [4.78, 5) is 15.9. The number of rotatable bonds is 5. The third kappa shape index (κ3) is 3.31. The number of pyridine rings is 1. The number of aliphatic carboxylic acids is 1. The van der Waals surface area contributed by atoms with E-state index >= 15 is 0 Å². The summed E-state index contributed by atoms with van der Waals surface area (Å²) in [5.74, 6) is -1.32. The van der Waals surface area contributed by atoms with Crippen molar-refractivity contribution in [2.24, 2.45) is 5.92 Å². The van der Waals surface area contributed by atoms with E-state index in [2.05, 4.69) is 4.98 Å². The van der Waals surface area contributed by atoms with Crippen molar-refractivity contribution in [3.63, 3.8) is 0 Å². The molecular weight excluding hydrogens is 338 g/mol. The second-order valence-electron chi connectivity index (χ2n) is 6.61. The van der Waals surface area contributed by atoms with Crippen molar-refractivity contribution in [1.29, 1.82) is 0 Å². The first-order chi connectivity index (χ1) is 13.1. The van der Waals surface area contributed by atoms with Crippen molar-refractivity contribution in [3.8, 4) is 16.9 Å². The van der Waals surface area contributed by atoms with Crippen LogP contribution in [0.25, 0.3) is 27.8 Å². The van der Waals surface area contributed by atoms with E-state index in [4.69, 9.17) is 5.10 Å². The minimum absolute atomic E-state index is 0.403. The summed E-state index contributed by atoms with van der Waals surface area (Å²) in [6.07, 6.45) is 4.09. The smallest absolute Gasteiger partial charge is 0.306 e. The molecule has 134 valence electrons. The van der Waals surface area contributed by atoms with Crippen LogP contribution in [0.3, 0.4) is 0 Å². The summed E-state index contributed by atoms with van der Waals surface area (Å²) >= 11 is 0. The van der Waals surface area contributed by atoms with Crippen molar-refractivity contribution in [2.45, 2.75) is 13.3 Å². The highest BCUT2D eigenvalue weighted by Gasteiger charge is 2.20. The highest BCUT2D eigenvalue weighted by Crippen LogP contribution is 2.30. The Morgan fingerprint density at radius 1 is 1.07 bits per heavy atom. The number of carboxylic acid groups (broad SMARTS) is 1. The third-order valence-electron chi connectivity index (χ3n) is 4.65. The fourth-order valence-electron chi connectivity index (χ4n) is 3.21. The Bertz CT molecular complexity index is 1100. The molecule has 1 atom stereocenters. The molecule has 0 fully saturated rings. The summed E-state index contributed by atoms with van der Waals surface area (Å²) in [5, 5.41) is 15.2. The van der Waals surface area contributed by atoms with Crippen LogP contribution in [-0.4, -0.2) is 25.8 Å². The van der Waals surface area contributed by atoms with E-state index < -0.39 is 11.9 Å². The van der Waals surface area contributed by atoms with E-state index in [0.29, 0.717) is 6.42 Å². The number of benzene rings is 2. The molecule has 0 aliphatic carbocycles. The van der Waals surface area contributed by atoms with E-state index in [9.17, 15) is 9.90 Å². The van der Waals surface area contributed by atoms with Crippen LogP contribution in [0.5, 0.6) is 0 Å². The van der Waals surface area contributed by atoms with E-state index in [1.165, 1.54) is 0 Å². The van der Waals surface area contributed by atoms with Gasteiger partial charge in [0, 0.05) is 23.3 Å². The molecule has 2 aromatic heterocycles. The Labute approximate surface area is 156 Å². The van der Waals surface area contributed by atoms with E-state index in [1.54, 1.807) is 17.8 Å². The second-order valence-corrected chi connectivity index (χ2v) is 6.61. The molecule has 0 spiro atoms. The molecule has 27 heavy (non-hydrogen) atoms. The molecule has 5 nitrogen and oxygen atoms in total. The van der Waals surface area contributed by atoms with Gasteiger partial charge >= 0.3 is 5.97 Å². The van der Waals surface area contributed by atoms with E-state index in [0.717, 1.165) is 33.4 Å². The molecule has 0 amide bonds. The summed E-state index contributed by atoms with van der Waals surface area (Å²) in [6.45, 7) is 1.72. The van der Waals surface area contributed by atoms with Gasteiger partial charge in [0.25, 0.3) is 0 Å². The summed E-state index contributed by atoms with van der Waals surface area (Å²) in [7, 11) is 0. The largest absolute Gasteiger partial charge is 0.481 e. The molecule has 0 bridgehead atoms. The van der Waals surface area contributed by atoms with Gasteiger partial charge in [0.05, 0.1) is 22.8 Å². The Morgan fingerprint density at radius 3 is 2.63 bits per heavy atom. The van der Waals surface area contributed by atoms with Gasteiger partial charge in [-0.15, -0.1) is 0 Å². The Morgan fingerprint density at radius 2 is 1.85 bits per heavy atom. The Balaban J connectivity index is 1.89. The molecule has 0 aliphatic heterocycles. The highest BCUT2D eigenvalue weighted by atomic mass is 16.4. The van der Waals surface area contributed by atoms with E-state index in [1.807, 2.05) is 66.9 Å². The van der Waals surface area contributed by atoms with Gasteiger partial charge in [0.2, 0.25) is 0 Å². The van der Waals surface area contributed by atoms with Gasteiger partial charge in [-0.1, -0.05) is 49.4 Å². The molecule has 1 N–H and O–H groups in total. The van der Waals surface area contributed by atoms with Crippen LogP contribution in [0.15, 0.2) is 73.1 Å². The Kier molecular flexibility index (Phi) is 4.42. The van der Waals surface area contributed by atoms with Crippen molar-refractivity contribution in [3.05, 3.63) is 78.6 Å². The third-order valence-corrected chi connectivity index (χ3v) is 4.65. The van der Waals surface area contributed by atoms with Crippen LogP contribution < -0.4 is 0 Å². The molecule has 5 heteroatoms. The van der Waals surface area contributed by atoms with Crippen LogP contribution in [0.4, 0.5) is 0 Å². The number of aromatic nitrogens is 3. The molecule has 2 aromatic carbocycles. The number of carbonyl (C=O) groups is 1. The zero-order chi connectivity index (χ0) is 18.8. The zero-order valence-electron chi connectivity index (χ0n) is 14.9. The molecule has 0 saturated carbocycles. The van der Waals surface area contributed by atoms with Crippen LogP contribution in [0.1, 0.15) is 12.5 Å². The summed E-state index contributed by atoms with van der Waals surface area (Å²) in [6, 6.07) is 19.7. The van der Waals surface area contributed by atoms with Crippen molar-refractivity contribution >= 4 is 16.9 Å². The van der Waals surface area contributed by atoms with Gasteiger partial charge in [-0.3, -0.25) is 9.78 Å². The molecule has 0 saturated heterocycles. The maximum absolute atomic E-state index is 11.4. The molecule has 4 rings (SSSR count). The van der Waals surface area contributed by atoms with Gasteiger partial charge in [-0.2, -0.15) is 5.10 Å². The molecule has 2 heterocycles. The first kappa shape index (κ1) is 17.0. The maximum Gasteiger partial charge on any atom is 0.306 e. The monoisotopic (exact) mass is 357 g/mol. The van der Waals surface area contributed by atoms with Gasteiger partial charge in [0.1, 0.15) is 0 Å². The van der Waals surface area contributed by atoms with Crippen LogP contribution in [-0.2, 0) is 11.2 Å². The normalized spacial score (nSPS) is 12.2. The standard InChI is InChI=1S/C22H19N3O2/c1-15(22(26)27)13-17-14-25(18-9-3-2-4-10-18)24-21(17)19-11-5-7-16-8-6-12-23-20(16)19/h2-12,14-15H,13H2,1H3,(H,26,27). The number of hydrogen-bond acceptors (Lipinski definition) is 3. The average molecular weight is 357 g/mol. The second kappa shape index (κ2) is 7.03. The first-order valence-corrected chi connectivity index (χ1v) is 8.84. The Hall–Kier alpha value is -3.47. The van der Waals surface area contributed by atoms with Gasteiger partial charge in [-0.05, 0) is 30.2 Å². The average Bonchev–Trinajstić information content (AvgIpc) is 3.11. The minimum atomic E-state index is -0.815. The van der Waals surface area contributed by atoms with Crippen LogP contribution in [0, 0.1) is 5.92 Å². The number of fused-ring (bicyclic) bond motifs is 1. The van der Waals surface area contributed by atoms with Crippen LogP contribution >= 0.6 is 0 Å². The zero-order valence-corrected chi connectivity index (χ0v) is 14.9. The maximum atomic E-state index is 11.4. The lowest BCUT2D eigenvalue weighted by Gasteiger charge is -2.08. The molecule has 1 unspecified atom stereocenters. The predicted molar refractivity (Wildman–Crippen MR) is 105 cm³/mol. The molecule has 0 radical (unpaired) electrons. The first-order valence-electron chi connectivity index (χ1n) is 8.84. The number of carboxylic acids is 1. The fraction of sp³-hybridized carbons (Fsp3) is 0.136.